The van der Waals surface area contributed by atoms with Gasteiger partial charge in [0.2, 0.25) is 5.75 Å². The first-order valence-corrected chi connectivity index (χ1v) is 9.56. The van der Waals surface area contributed by atoms with Gasteiger partial charge in [0.25, 0.3) is 0 Å². The summed E-state index contributed by atoms with van der Waals surface area (Å²) in [6.45, 7) is -0.170. The molecular formula is C19H24N4O4. The first-order chi connectivity index (χ1) is 13.2. The lowest BCUT2D eigenvalue weighted by Gasteiger charge is -2.19. The summed E-state index contributed by atoms with van der Waals surface area (Å²) in [6, 6.07) is 3.50. The van der Waals surface area contributed by atoms with Crippen LogP contribution in [0.4, 0.5) is 0 Å². The van der Waals surface area contributed by atoms with Gasteiger partial charge >= 0.3 is 5.97 Å². The van der Waals surface area contributed by atoms with Gasteiger partial charge in [0, 0.05) is 13.0 Å². The minimum absolute atomic E-state index is 0.0675. The molecule has 2 fully saturated rings. The van der Waals surface area contributed by atoms with Crippen molar-refractivity contribution in [3.05, 3.63) is 23.5 Å². The maximum atomic E-state index is 12.2. The molecule has 1 N–H and O–H groups in total. The molecule has 2 aromatic heterocycles. The van der Waals surface area contributed by atoms with Crippen molar-refractivity contribution < 1.29 is 19.7 Å². The minimum atomic E-state index is -0.294. The van der Waals surface area contributed by atoms with E-state index in [2.05, 4.69) is 15.3 Å². The van der Waals surface area contributed by atoms with Gasteiger partial charge in [-0.05, 0) is 37.8 Å². The molecule has 0 aliphatic heterocycles. The first-order valence-electron chi connectivity index (χ1n) is 9.56. The second-order valence-corrected chi connectivity index (χ2v) is 7.34. The van der Waals surface area contributed by atoms with E-state index in [1.807, 2.05) is 0 Å². The molecule has 0 saturated heterocycles. The lowest BCUT2D eigenvalue weighted by atomic mass is 9.89. The fourth-order valence-electron chi connectivity index (χ4n) is 3.56. The van der Waals surface area contributed by atoms with Crippen molar-refractivity contribution in [1.29, 1.82) is 0 Å². The number of aryl methyl sites for hydroxylation is 1. The van der Waals surface area contributed by atoms with E-state index < -0.39 is 0 Å². The molecule has 2 aliphatic rings. The third kappa shape index (κ3) is 3.80. The number of aliphatic hydroxyl groups excluding tert-OH is 1. The lowest BCUT2D eigenvalue weighted by Crippen LogP contribution is -2.22. The Kier molecular flexibility index (Phi) is 5.07. The molecule has 0 bridgehead atoms. The monoisotopic (exact) mass is 372 g/mol. The molecule has 27 heavy (non-hydrogen) atoms. The molecule has 2 heterocycles. The molecule has 0 atom stereocenters. The van der Waals surface area contributed by atoms with Crippen LogP contribution in [-0.4, -0.2) is 31.1 Å². The molecular weight excluding hydrogens is 348 g/mol. The van der Waals surface area contributed by atoms with Crippen LogP contribution in [0.15, 0.2) is 12.1 Å². The summed E-state index contributed by atoms with van der Waals surface area (Å²) in [5.74, 6) is 0.404. The van der Waals surface area contributed by atoms with E-state index in [0.717, 1.165) is 44.2 Å². The Morgan fingerprint density at radius 3 is 2.70 bits per heavy atom. The highest BCUT2D eigenvalue weighted by Crippen LogP contribution is 2.44. The van der Waals surface area contributed by atoms with E-state index >= 15 is 0 Å². The Morgan fingerprint density at radius 2 is 2.00 bits per heavy atom. The summed E-state index contributed by atoms with van der Waals surface area (Å²) in [4.78, 5) is 27.4. The molecule has 0 unspecified atom stereocenters. The maximum Gasteiger partial charge on any atom is 0.358 e. The van der Waals surface area contributed by atoms with E-state index in [9.17, 15) is 9.90 Å². The van der Waals surface area contributed by atoms with E-state index in [1.54, 1.807) is 19.2 Å². The highest BCUT2D eigenvalue weighted by Gasteiger charge is 2.31. The number of carbonyl (C=O) groups excluding carboxylic acids is 1. The van der Waals surface area contributed by atoms with Crippen molar-refractivity contribution in [1.82, 2.24) is 20.0 Å². The molecule has 2 aliphatic carbocycles. The van der Waals surface area contributed by atoms with Crippen LogP contribution < -0.4 is 4.89 Å². The van der Waals surface area contributed by atoms with Gasteiger partial charge in [-0.3, -0.25) is 9.78 Å². The Balaban J connectivity index is 1.52. The molecule has 4 rings (SSSR count). The SMILES string of the molecule is Cn1nnc(-c2ccc(OOC(=O)C3CCCCC3)c(C3CC3)n2)c1CO. The van der Waals surface area contributed by atoms with Gasteiger partial charge < -0.3 is 5.11 Å². The number of pyridine rings is 1. The Bertz CT molecular complexity index is 825. The molecule has 0 amide bonds. The topological polar surface area (TPSA) is 99.4 Å². The zero-order valence-corrected chi connectivity index (χ0v) is 15.4. The smallest absolute Gasteiger partial charge is 0.358 e. The third-order valence-electron chi connectivity index (χ3n) is 5.34. The second-order valence-electron chi connectivity index (χ2n) is 7.34. The van der Waals surface area contributed by atoms with Crippen LogP contribution in [-0.2, 0) is 23.3 Å². The summed E-state index contributed by atoms with van der Waals surface area (Å²) in [5, 5.41) is 17.6. The molecule has 0 spiro atoms. The van der Waals surface area contributed by atoms with Crippen molar-refractivity contribution >= 4 is 5.97 Å². The van der Waals surface area contributed by atoms with Crippen LogP contribution in [0.25, 0.3) is 11.4 Å². The molecule has 2 aromatic rings. The van der Waals surface area contributed by atoms with Crippen molar-refractivity contribution in [3.8, 4) is 17.1 Å². The van der Waals surface area contributed by atoms with Crippen LogP contribution in [0, 0.1) is 5.92 Å². The highest BCUT2D eigenvalue weighted by molar-refractivity contribution is 5.72. The van der Waals surface area contributed by atoms with Crippen LogP contribution in [0.1, 0.15) is 62.3 Å². The highest BCUT2D eigenvalue weighted by atomic mass is 17.2. The van der Waals surface area contributed by atoms with Crippen LogP contribution in [0.3, 0.4) is 0 Å². The molecule has 8 nitrogen and oxygen atoms in total. The Labute approximate surface area is 157 Å². The number of hydrogen-bond donors (Lipinski definition) is 1. The van der Waals surface area contributed by atoms with Gasteiger partial charge in [0.15, 0.2) is 0 Å². The van der Waals surface area contributed by atoms with E-state index in [-0.39, 0.29) is 18.5 Å². The van der Waals surface area contributed by atoms with Crippen LogP contribution >= 0.6 is 0 Å². The molecule has 144 valence electrons. The number of nitrogens with zero attached hydrogens (tertiary/aromatic N) is 4. The number of rotatable bonds is 6. The molecule has 8 heteroatoms. The van der Waals surface area contributed by atoms with Gasteiger partial charge in [-0.2, -0.15) is 0 Å². The van der Waals surface area contributed by atoms with Crippen molar-refractivity contribution in [3.63, 3.8) is 0 Å². The Hall–Kier alpha value is -2.48. The van der Waals surface area contributed by atoms with Gasteiger partial charge in [0.05, 0.1) is 29.6 Å². The minimum Gasteiger partial charge on any atom is -0.390 e. The predicted molar refractivity (Wildman–Crippen MR) is 95.4 cm³/mol. The summed E-state index contributed by atoms with van der Waals surface area (Å²) in [6.07, 6.45) is 7.09. The third-order valence-corrected chi connectivity index (χ3v) is 5.34. The molecule has 2 saturated carbocycles. The van der Waals surface area contributed by atoms with Crippen molar-refractivity contribution in [2.75, 3.05) is 0 Å². The number of carbonyl (C=O) groups is 1. The average molecular weight is 372 g/mol. The van der Waals surface area contributed by atoms with Gasteiger partial charge in [-0.15, -0.1) is 5.10 Å². The maximum absolute atomic E-state index is 12.2. The average Bonchev–Trinajstić information content (AvgIpc) is 3.48. The quantitative estimate of drug-likeness (QED) is 0.615. The molecule has 0 radical (unpaired) electrons. The fourth-order valence-corrected chi connectivity index (χ4v) is 3.56. The number of hydrogen-bond acceptors (Lipinski definition) is 7. The normalized spacial score (nSPS) is 17.7. The zero-order valence-electron chi connectivity index (χ0n) is 15.4. The molecule has 0 aromatic carbocycles. The van der Waals surface area contributed by atoms with Crippen molar-refractivity contribution in [2.45, 2.75) is 57.5 Å². The lowest BCUT2D eigenvalue weighted by molar-refractivity contribution is -0.220. The van der Waals surface area contributed by atoms with E-state index in [4.69, 9.17) is 9.78 Å². The summed E-state index contributed by atoms with van der Waals surface area (Å²) in [5.41, 5.74) is 2.53. The fraction of sp³-hybridized carbons (Fsp3) is 0.579. The van der Waals surface area contributed by atoms with Gasteiger partial charge in [-0.1, -0.05) is 24.5 Å². The number of aromatic nitrogens is 4. The predicted octanol–water partition coefficient (Wildman–Crippen LogP) is 2.66. The van der Waals surface area contributed by atoms with E-state index in [1.165, 1.54) is 11.1 Å². The zero-order chi connectivity index (χ0) is 18.8. The summed E-state index contributed by atoms with van der Waals surface area (Å²) >= 11 is 0. The van der Waals surface area contributed by atoms with E-state index in [0.29, 0.717) is 28.7 Å². The summed E-state index contributed by atoms with van der Waals surface area (Å²) in [7, 11) is 1.73. The Morgan fingerprint density at radius 1 is 1.22 bits per heavy atom. The number of aliphatic hydroxyl groups is 1. The first kappa shape index (κ1) is 17.9. The van der Waals surface area contributed by atoms with Gasteiger partial charge in [0.1, 0.15) is 5.69 Å². The van der Waals surface area contributed by atoms with Crippen LogP contribution in [0.2, 0.25) is 0 Å². The van der Waals surface area contributed by atoms with Gasteiger partial charge in [-0.25, -0.2) is 14.5 Å². The summed E-state index contributed by atoms with van der Waals surface area (Å²) < 4.78 is 1.53. The van der Waals surface area contributed by atoms with Crippen LogP contribution in [0.5, 0.6) is 5.75 Å². The standard InChI is InChI=1S/C19H24N4O4/c1-23-15(11-24)18(21-22-23)14-9-10-16(17(20-14)12-7-8-12)26-27-19(25)13-5-3-2-4-6-13/h9-10,12-13,24H,2-8,11H2,1H3. The largest absolute Gasteiger partial charge is 0.390 e. The van der Waals surface area contributed by atoms with Crippen molar-refractivity contribution in [2.24, 2.45) is 13.0 Å². The second kappa shape index (κ2) is 7.64.